The second-order valence-corrected chi connectivity index (χ2v) is 6.91. The number of hydrogen-bond donors (Lipinski definition) is 2. The molecule has 0 radical (unpaired) electrons. The van der Waals surface area contributed by atoms with Crippen molar-refractivity contribution in [2.45, 2.75) is 57.6 Å². The lowest BCUT2D eigenvalue weighted by Crippen LogP contribution is -2.47. The standard InChI is InChI=1S/C18H26N2O2S/c1-4-18(5-2,6-3)19-12-14(21)13-22-20-16-8-7-9-17-15(16)10-11-23-17/h1,10-11,14,19,21H,5-9,12-13H2,2-3H3/b20-16+. The van der Waals surface area contributed by atoms with Crippen molar-refractivity contribution >= 4 is 17.0 Å². The molecule has 1 atom stereocenters. The van der Waals surface area contributed by atoms with E-state index in [1.54, 1.807) is 11.3 Å². The Kier molecular flexibility index (Phi) is 6.64. The molecule has 23 heavy (non-hydrogen) atoms. The molecule has 5 heteroatoms. The summed E-state index contributed by atoms with van der Waals surface area (Å²) in [5.74, 6) is 2.80. The lowest BCUT2D eigenvalue weighted by atomic mass is 9.94. The Balaban J connectivity index is 1.81. The Labute approximate surface area is 142 Å². The third kappa shape index (κ3) is 4.57. The van der Waals surface area contributed by atoms with Crippen molar-refractivity contribution in [2.75, 3.05) is 13.2 Å². The Hall–Kier alpha value is -1.35. The number of terminal acetylenes is 1. The summed E-state index contributed by atoms with van der Waals surface area (Å²) in [5.41, 5.74) is 1.85. The first-order valence-corrected chi connectivity index (χ1v) is 9.18. The summed E-state index contributed by atoms with van der Waals surface area (Å²) >= 11 is 1.77. The maximum atomic E-state index is 10.1. The molecule has 0 bridgehead atoms. The van der Waals surface area contributed by atoms with Crippen LogP contribution in [0.25, 0.3) is 0 Å². The van der Waals surface area contributed by atoms with Gasteiger partial charge in [0.15, 0.2) is 0 Å². The number of rotatable bonds is 8. The zero-order valence-electron chi connectivity index (χ0n) is 14.0. The zero-order valence-corrected chi connectivity index (χ0v) is 14.8. The van der Waals surface area contributed by atoms with Crippen LogP contribution in [0.3, 0.4) is 0 Å². The van der Waals surface area contributed by atoms with E-state index < -0.39 is 6.10 Å². The molecule has 1 aliphatic rings. The van der Waals surface area contributed by atoms with Gasteiger partial charge in [-0.15, -0.1) is 17.8 Å². The second kappa shape index (κ2) is 8.49. The van der Waals surface area contributed by atoms with Gasteiger partial charge in [-0.05, 0) is 43.6 Å². The number of aliphatic hydroxyl groups excluding tert-OH is 1. The number of hydrogen-bond acceptors (Lipinski definition) is 5. The zero-order chi connectivity index (χ0) is 16.7. The molecule has 0 saturated carbocycles. The average molecular weight is 334 g/mol. The molecule has 1 unspecified atom stereocenters. The summed E-state index contributed by atoms with van der Waals surface area (Å²) in [4.78, 5) is 6.76. The van der Waals surface area contributed by atoms with E-state index in [1.807, 2.05) is 13.8 Å². The Morgan fingerprint density at radius 2 is 2.26 bits per heavy atom. The van der Waals surface area contributed by atoms with Crippen LogP contribution in [-0.4, -0.2) is 35.6 Å². The first kappa shape index (κ1) is 18.0. The summed E-state index contributed by atoms with van der Waals surface area (Å²) in [6.45, 7) is 4.67. The van der Waals surface area contributed by atoms with Crippen molar-refractivity contribution in [3.05, 3.63) is 21.9 Å². The summed E-state index contributed by atoms with van der Waals surface area (Å²) in [6, 6.07) is 2.10. The number of aliphatic hydroxyl groups is 1. The number of nitrogens with zero attached hydrogens (tertiary/aromatic N) is 1. The van der Waals surface area contributed by atoms with Gasteiger partial charge in [0.1, 0.15) is 12.7 Å². The van der Waals surface area contributed by atoms with E-state index in [2.05, 4.69) is 27.8 Å². The van der Waals surface area contributed by atoms with Crippen molar-refractivity contribution in [1.29, 1.82) is 0 Å². The number of fused-ring (bicyclic) bond motifs is 1. The van der Waals surface area contributed by atoms with Crippen LogP contribution in [0.15, 0.2) is 16.6 Å². The Bertz CT molecular complexity index is 570. The SMILES string of the molecule is C#CC(CC)(CC)NCC(O)CO/N=C1\CCCc2sccc21. The Morgan fingerprint density at radius 3 is 2.96 bits per heavy atom. The van der Waals surface area contributed by atoms with Gasteiger partial charge in [-0.1, -0.05) is 24.9 Å². The maximum Gasteiger partial charge on any atom is 0.144 e. The molecule has 0 aliphatic heterocycles. The van der Waals surface area contributed by atoms with Gasteiger partial charge in [-0.25, -0.2) is 0 Å². The second-order valence-electron chi connectivity index (χ2n) is 5.91. The minimum absolute atomic E-state index is 0.171. The molecule has 2 N–H and O–H groups in total. The minimum atomic E-state index is -0.629. The third-order valence-electron chi connectivity index (χ3n) is 4.47. The van der Waals surface area contributed by atoms with Gasteiger partial charge in [0.2, 0.25) is 0 Å². The molecule has 0 amide bonds. The van der Waals surface area contributed by atoms with Crippen LogP contribution in [-0.2, 0) is 11.3 Å². The average Bonchev–Trinajstić information content (AvgIpc) is 3.06. The van der Waals surface area contributed by atoms with E-state index >= 15 is 0 Å². The van der Waals surface area contributed by atoms with Crippen molar-refractivity contribution < 1.29 is 9.94 Å². The van der Waals surface area contributed by atoms with Crippen molar-refractivity contribution in [3.8, 4) is 12.3 Å². The largest absolute Gasteiger partial charge is 0.393 e. The van der Waals surface area contributed by atoms with Crippen molar-refractivity contribution in [1.82, 2.24) is 5.32 Å². The highest BCUT2D eigenvalue weighted by Crippen LogP contribution is 2.26. The number of oxime groups is 1. The van der Waals surface area contributed by atoms with E-state index in [0.717, 1.165) is 37.8 Å². The fraction of sp³-hybridized carbons (Fsp3) is 0.611. The monoisotopic (exact) mass is 334 g/mol. The first-order valence-electron chi connectivity index (χ1n) is 8.30. The number of β-amino-alcohol motifs (C(OH)–C–C–N with tert-alkyl or cyclic N) is 1. The maximum absolute atomic E-state index is 10.1. The lowest BCUT2D eigenvalue weighted by molar-refractivity contribution is 0.0369. The summed E-state index contributed by atoms with van der Waals surface area (Å²) in [7, 11) is 0. The molecular formula is C18H26N2O2S. The van der Waals surface area contributed by atoms with Crippen LogP contribution in [0.2, 0.25) is 0 Å². The van der Waals surface area contributed by atoms with E-state index in [9.17, 15) is 5.11 Å². The molecule has 126 valence electrons. The smallest absolute Gasteiger partial charge is 0.144 e. The Morgan fingerprint density at radius 1 is 1.48 bits per heavy atom. The first-order chi connectivity index (χ1) is 11.1. The van der Waals surface area contributed by atoms with Crippen LogP contribution < -0.4 is 5.32 Å². The molecule has 0 saturated heterocycles. The molecule has 0 aromatic carbocycles. The highest BCUT2D eigenvalue weighted by molar-refractivity contribution is 7.10. The number of nitrogens with one attached hydrogen (secondary N) is 1. The van der Waals surface area contributed by atoms with Gasteiger partial charge >= 0.3 is 0 Å². The van der Waals surface area contributed by atoms with E-state index in [0.29, 0.717) is 6.54 Å². The quantitative estimate of drug-likeness (QED) is 0.568. The van der Waals surface area contributed by atoms with Gasteiger partial charge in [0.25, 0.3) is 0 Å². The lowest BCUT2D eigenvalue weighted by Gasteiger charge is -2.28. The molecule has 1 heterocycles. The fourth-order valence-corrected chi connectivity index (χ4v) is 3.71. The molecule has 0 spiro atoms. The third-order valence-corrected chi connectivity index (χ3v) is 5.46. The number of aryl methyl sites for hydroxylation is 1. The van der Waals surface area contributed by atoms with E-state index in [-0.39, 0.29) is 12.1 Å². The van der Waals surface area contributed by atoms with Gasteiger partial charge in [-0.3, -0.25) is 5.32 Å². The van der Waals surface area contributed by atoms with Crippen LogP contribution in [0, 0.1) is 12.3 Å². The summed E-state index contributed by atoms with van der Waals surface area (Å²) in [5, 5.41) is 19.7. The van der Waals surface area contributed by atoms with Crippen molar-refractivity contribution in [3.63, 3.8) is 0 Å². The predicted molar refractivity (Wildman–Crippen MR) is 95.9 cm³/mol. The molecule has 1 aromatic heterocycles. The molecular weight excluding hydrogens is 308 g/mol. The van der Waals surface area contributed by atoms with Gasteiger partial charge < -0.3 is 9.94 Å². The van der Waals surface area contributed by atoms with Gasteiger partial charge in [0, 0.05) is 17.0 Å². The van der Waals surface area contributed by atoms with Crippen molar-refractivity contribution in [2.24, 2.45) is 5.16 Å². The molecule has 0 fully saturated rings. The van der Waals surface area contributed by atoms with Crippen LogP contribution in [0.5, 0.6) is 0 Å². The molecule has 1 aromatic rings. The van der Waals surface area contributed by atoms with Crippen LogP contribution in [0.4, 0.5) is 0 Å². The summed E-state index contributed by atoms with van der Waals surface area (Å²) < 4.78 is 0. The molecule has 2 rings (SSSR count). The van der Waals surface area contributed by atoms with Crippen LogP contribution >= 0.6 is 11.3 Å². The van der Waals surface area contributed by atoms with Crippen LogP contribution in [0.1, 0.15) is 50.0 Å². The number of thiophene rings is 1. The van der Waals surface area contributed by atoms with E-state index in [4.69, 9.17) is 11.3 Å². The predicted octanol–water partition coefficient (Wildman–Crippen LogP) is 2.95. The van der Waals surface area contributed by atoms with Gasteiger partial charge in [0.05, 0.1) is 11.3 Å². The molecule has 4 nitrogen and oxygen atoms in total. The van der Waals surface area contributed by atoms with E-state index in [1.165, 1.54) is 10.4 Å². The normalized spacial score (nSPS) is 17.6. The molecule has 1 aliphatic carbocycles. The highest BCUT2D eigenvalue weighted by Gasteiger charge is 2.23. The topological polar surface area (TPSA) is 53.8 Å². The van der Waals surface area contributed by atoms with Gasteiger partial charge in [-0.2, -0.15) is 0 Å². The fourth-order valence-electron chi connectivity index (χ4n) is 2.77. The summed E-state index contributed by atoms with van der Waals surface area (Å²) in [6.07, 6.45) is 9.80. The minimum Gasteiger partial charge on any atom is -0.393 e. The highest BCUT2D eigenvalue weighted by atomic mass is 32.1.